The van der Waals surface area contributed by atoms with Crippen molar-refractivity contribution in [3.63, 3.8) is 0 Å². The third-order valence-corrected chi connectivity index (χ3v) is 1.58. The molecule has 0 aromatic heterocycles. The zero-order valence-corrected chi connectivity index (χ0v) is 7.97. The summed E-state index contributed by atoms with van der Waals surface area (Å²) in [5.74, 6) is -4.02. The van der Waals surface area contributed by atoms with Gasteiger partial charge in [-0.1, -0.05) is 0 Å². The molecule has 0 heterocycles. The molecule has 4 nitrogen and oxygen atoms in total. The van der Waals surface area contributed by atoms with Crippen LogP contribution >= 0.6 is 0 Å². The van der Waals surface area contributed by atoms with Gasteiger partial charge in [0.05, 0.1) is 6.17 Å². The van der Waals surface area contributed by atoms with Crippen molar-refractivity contribution in [2.24, 2.45) is 0 Å². The van der Waals surface area contributed by atoms with Crippen LogP contribution in [0.2, 0.25) is 0 Å². The van der Waals surface area contributed by atoms with E-state index >= 15 is 0 Å². The Kier molecular flexibility index (Phi) is 4.06. The largest absolute Gasteiger partial charge is 0.460 e. The van der Waals surface area contributed by atoms with Crippen molar-refractivity contribution in [3.05, 3.63) is 0 Å². The number of ketones is 1. The average Bonchev–Trinajstić information content (AvgIpc) is 2.00. The summed E-state index contributed by atoms with van der Waals surface area (Å²) in [6, 6.07) is 0. The third kappa shape index (κ3) is 3.73. The SMILES string of the molecule is CC(NC(=O)C(=O)C(F)(F)F)N(C)C. The number of carbonyl (C=O) groups is 2. The fraction of sp³-hybridized carbons (Fsp3) is 0.714. The Labute approximate surface area is 79.1 Å². The number of nitrogens with zero attached hydrogens (tertiary/aromatic N) is 1. The van der Waals surface area contributed by atoms with Gasteiger partial charge in [-0.3, -0.25) is 14.5 Å². The third-order valence-electron chi connectivity index (χ3n) is 1.58. The van der Waals surface area contributed by atoms with Crippen LogP contribution in [0.4, 0.5) is 13.2 Å². The van der Waals surface area contributed by atoms with Gasteiger partial charge in [0.25, 0.3) is 5.91 Å². The molecule has 0 aliphatic rings. The van der Waals surface area contributed by atoms with E-state index in [-0.39, 0.29) is 0 Å². The van der Waals surface area contributed by atoms with Crippen LogP contribution in [0.15, 0.2) is 0 Å². The Hall–Kier alpha value is -1.11. The van der Waals surface area contributed by atoms with Crippen LogP contribution < -0.4 is 5.32 Å². The Bertz CT molecular complexity index is 238. The van der Waals surface area contributed by atoms with Gasteiger partial charge in [-0.05, 0) is 21.0 Å². The molecule has 82 valence electrons. The van der Waals surface area contributed by atoms with E-state index in [2.05, 4.69) is 0 Å². The Morgan fingerprint density at radius 1 is 1.29 bits per heavy atom. The monoisotopic (exact) mass is 212 g/mol. The number of rotatable bonds is 3. The Morgan fingerprint density at radius 2 is 1.71 bits per heavy atom. The highest BCUT2D eigenvalue weighted by molar-refractivity contribution is 6.38. The topological polar surface area (TPSA) is 49.4 Å². The Morgan fingerprint density at radius 3 is 2.00 bits per heavy atom. The van der Waals surface area contributed by atoms with Gasteiger partial charge in [-0.25, -0.2) is 0 Å². The number of amides is 1. The van der Waals surface area contributed by atoms with Gasteiger partial charge in [0.2, 0.25) is 0 Å². The standard InChI is InChI=1S/C7H11F3N2O2/c1-4(12(2)3)11-6(14)5(13)7(8,9)10/h4H,1-3H3,(H,11,14). The molecule has 0 rings (SSSR count). The number of halogens is 3. The second kappa shape index (κ2) is 4.41. The molecular weight excluding hydrogens is 201 g/mol. The van der Waals surface area contributed by atoms with Gasteiger partial charge in [0, 0.05) is 0 Å². The van der Waals surface area contributed by atoms with E-state index in [0.717, 1.165) is 0 Å². The number of hydrogen-bond acceptors (Lipinski definition) is 3. The summed E-state index contributed by atoms with van der Waals surface area (Å²) < 4.78 is 35.2. The molecule has 1 atom stereocenters. The summed E-state index contributed by atoms with van der Waals surface area (Å²) in [6.07, 6.45) is -5.75. The first-order chi connectivity index (χ1) is 6.16. The predicted octanol–water partition coefficient (Wildman–Crippen LogP) is 0.142. The van der Waals surface area contributed by atoms with E-state index in [1.54, 1.807) is 14.1 Å². The minimum Gasteiger partial charge on any atom is -0.334 e. The van der Waals surface area contributed by atoms with Crippen LogP contribution in [0, 0.1) is 0 Å². The van der Waals surface area contributed by atoms with Crippen LogP contribution in [0.3, 0.4) is 0 Å². The highest BCUT2D eigenvalue weighted by Crippen LogP contribution is 2.15. The maximum atomic E-state index is 11.7. The summed E-state index contributed by atoms with van der Waals surface area (Å²) in [5.41, 5.74) is 0. The van der Waals surface area contributed by atoms with Gasteiger partial charge < -0.3 is 5.32 Å². The van der Waals surface area contributed by atoms with Crippen molar-refractivity contribution >= 4 is 11.7 Å². The van der Waals surface area contributed by atoms with Crippen molar-refractivity contribution < 1.29 is 22.8 Å². The molecule has 0 aliphatic carbocycles. The highest BCUT2D eigenvalue weighted by Gasteiger charge is 2.43. The summed E-state index contributed by atoms with van der Waals surface area (Å²) >= 11 is 0. The average molecular weight is 212 g/mol. The number of nitrogens with one attached hydrogen (secondary N) is 1. The first kappa shape index (κ1) is 12.9. The molecule has 1 amide bonds. The maximum absolute atomic E-state index is 11.7. The lowest BCUT2D eigenvalue weighted by molar-refractivity contribution is -0.175. The van der Waals surface area contributed by atoms with E-state index in [9.17, 15) is 22.8 Å². The zero-order chi connectivity index (χ0) is 11.5. The van der Waals surface area contributed by atoms with Gasteiger partial charge in [-0.2, -0.15) is 13.2 Å². The second-order valence-corrected chi connectivity index (χ2v) is 2.94. The van der Waals surface area contributed by atoms with Crippen molar-refractivity contribution in [1.29, 1.82) is 0 Å². The summed E-state index contributed by atoms with van der Waals surface area (Å²) in [6.45, 7) is 1.46. The minimum absolute atomic E-state index is 0.631. The maximum Gasteiger partial charge on any atom is 0.460 e. The molecule has 0 saturated carbocycles. The Balaban J connectivity index is 4.31. The van der Waals surface area contributed by atoms with Crippen molar-refractivity contribution in [2.75, 3.05) is 14.1 Å². The van der Waals surface area contributed by atoms with Crippen LogP contribution in [0.1, 0.15) is 6.92 Å². The van der Waals surface area contributed by atoms with Crippen LogP contribution in [-0.2, 0) is 9.59 Å². The molecule has 7 heteroatoms. The van der Waals surface area contributed by atoms with Gasteiger partial charge >= 0.3 is 12.0 Å². The molecule has 1 N–H and O–H groups in total. The molecule has 0 bridgehead atoms. The first-order valence-corrected chi connectivity index (χ1v) is 3.74. The van der Waals surface area contributed by atoms with E-state index in [1.807, 2.05) is 5.32 Å². The summed E-state index contributed by atoms with van der Waals surface area (Å²) in [7, 11) is 3.12. The van der Waals surface area contributed by atoms with E-state index < -0.39 is 24.0 Å². The van der Waals surface area contributed by atoms with Gasteiger partial charge in [0.1, 0.15) is 0 Å². The van der Waals surface area contributed by atoms with E-state index in [4.69, 9.17) is 0 Å². The summed E-state index contributed by atoms with van der Waals surface area (Å²) in [4.78, 5) is 22.5. The van der Waals surface area contributed by atoms with Crippen molar-refractivity contribution in [2.45, 2.75) is 19.3 Å². The smallest absolute Gasteiger partial charge is 0.334 e. The summed E-state index contributed by atoms with van der Waals surface area (Å²) in [5, 5.41) is 1.90. The molecule has 0 fully saturated rings. The molecule has 1 unspecified atom stereocenters. The molecule has 14 heavy (non-hydrogen) atoms. The number of Topliss-reactive ketones (excluding diaryl/α,β-unsaturated/α-hetero) is 1. The lowest BCUT2D eigenvalue weighted by Gasteiger charge is -2.20. The molecule has 0 radical (unpaired) electrons. The van der Waals surface area contributed by atoms with Crippen LogP contribution in [-0.4, -0.2) is 43.0 Å². The van der Waals surface area contributed by atoms with E-state index in [1.165, 1.54) is 11.8 Å². The molecule has 0 spiro atoms. The molecular formula is C7H11F3N2O2. The molecule has 0 aliphatic heterocycles. The lowest BCUT2D eigenvalue weighted by atomic mass is 10.3. The van der Waals surface area contributed by atoms with E-state index in [0.29, 0.717) is 0 Å². The first-order valence-electron chi connectivity index (χ1n) is 3.74. The van der Waals surface area contributed by atoms with Crippen LogP contribution in [0.25, 0.3) is 0 Å². The predicted molar refractivity (Wildman–Crippen MR) is 42.4 cm³/mol. The van der Waals surface area contributed by atoms with Crippen molar-refractivity contribution in [1.82, 2.24) is 10.2 Å². The van der Waals surface area contributed by atoms with Crippen molar-refractivity contribution in [3.8, 4) is 0 Å². The fourth-order valence-corrected chi connectivity index (χ4v) is 0.513. The zero-order valence-electron chi connectivity index (χ0n) is 7.97. The number of alkyl halides is 3. The van der Waals surface area contributed by atoms with Crippen LogP contribution in [0.5, 0.6) is 0 Å². The highest BCUT2D eigenvalue weighted by atomic mass is 19.4. The fourth-order valence-electron chi connectivity index (χ4n) is 0.513. The van der Waals surface area contributed by atoms with Gasteiger partial charge in [-0.15, -0.1) is 0 Å². The number of carbonyl (C=O) groups excluding carboxylic acids is 2. The number of hydrogen-bond donors (Lipinski definition) is 1. The normalized spacial score (nSPS) is 13.9. The second-order valence-electron chi connectivity index (χ2n) is 2.94. The minimum atomic E-state index is -5.11. The molecule has 0 aromatic rings. The molecule has 0 aromatic carbocycles. The molecule has 0 saturated heterocycles. The van der Waals surface area contributed by atoms with Gasteiger partial charge in [0.15, 0.2) is 0 Å². The quantitative estimate of drug-likeness (QED) is 0.534. The lowest BCUT2D eigenvalue weighted by Crippen LogP contribution is -2.48.